The molecule has 6 nitrogen and oxygen atoms in total. The van der Waals surface area contributed by atoms with E-state index in [-0.39, 0.29) is 49.3 Å². The van der Waals surface area contributed by atoms with Crippen molar-refractivity contribution in [3.63, 3.8) is 0 Å². The van der Waals surface area contributed by atoms with E-state index in [2.05, 4.69) is 5.32 Å². The summed E-state index contributed by atoms with van der Waals surface area (Å²) in [5.74, 6) is -0.816. The summed E-state index contributed by atoms with van der Waals surface area (Å²) in [6.07, 6.45) is 4.98. The first-order chi connectivity index (χ1) is 12.1. The van der Waals surface area contributed by atoms with Gasteiger partial charge in [0.15, 0.2) is 0 Å². The number of benzene rings is 1. The van der Waals surface area contributed by atoms with Gasteiger partial charge >= 0.3 is 0 Å². The van der Waals surface area contributed by atoms with Crippen LogP contribution in [0.15, 0.2) is 36.4 Å². The number of imide groups is 1. The number of fused-ring (bicyclic) bond motifs is 1. The molecule has 1 aromatic carbocycles. The van der Waals surface area contributed by atoms with E-state index in [1.165, 1.54) is 0 Å². The quantitative estimate of drug-likeness (QED) is 0.475. The van der Waals surface area contributed by atoms with Crippen molar-refractivity contribution in [3.05, 3.63) is 41.4 Å². The smallest absolute Gasteiger partial charge is 0.240 e. The third-order valence-electron chi connectivity index (χ3n) is 4.41. The van der Waals surface area contributed by atoms with Crippen LogP contribution in [0.25, 0.3) is 0 Å². The minimum Gasteiger partial charge on any atom is -0.492 e. The van der Waals surface area contributed by atoms with Crippen LogP contribution in [0.1, 0.15) is 12.8 Å². The van der Waals surface area contributed by atoms with Gasteiger partial charge in [0.2, 0.25) is 17.7 Å². The molecule has 1 aliphatic carbocycles. The van der Waals surface area contributed by atoms with E-state index >= 15 is 0 Å². The molecule has 3 amide bonds. The summed E-state index contributed by atoms with van der Waals surface area (Å²) < 4.78 is 5.47. The summed E-state index contributed by atoms with van der Waals surface area (Å²) in [5.41, 5.74) is 0. The van der Waals surface area contributed by atoms with Crippen LogP contribution in [0.3, 0.4) is 0 Å². The number of carbonyl (C=O) groups is 3. The Morgan fingerprint density at radius 1 is 1.12 bits per heavy atom. The monoisotopic (exact) mass is 362 g/mol. The first-order valence-corrected chi connectivity index (χ1v) is 8.59. The minimum atomic E-state index is -0.368. The van der Waals surface area contributed by atoms with Crippen LogP contribution in [0.4, 0.5) is 0 Å². The number of halogens is 1. The highest BCUT2D eigenvalue weighted by molar-refractivity contribution is 6.30. The molecule has 2 aliphatic rings. The fourth-order valence-corrected chi connectivity index (χ4v) is 3.24. The highest BCUT2D eigenvalue weighted by atomic mass is 35.5. The maximum absolute atomic E-state index is 12.3. The maximum atomic E-state index is 12.3. The Bertz CT molecular complexity index is 676. The number of hydrogen-bond acceptors (Lipinski definition) is 4. The topological polar surface area (TPSA) is 75.7 Å². The Kier molecular flexibility index (Phi) is 5.38. The van der Waals surface area contributed by atoms with Crippen molar-refractivity contribution >= 4 is 29.3 Å². The van der Waals surface area contributed by atoms with Crippen molar-refractivity contribution < 1.29 is 19.1 Å². The van der Waals surface area contributed by atoms with Crippen molar-refractivity contribution in [2.45, 2.75) is 12.8 Å². The minimum absolute atomic E-state index is 0.231. The van der Waals surface area contributed by atoms with Gasteiger partial charge in [-0.2, -0.15) is 0 Å². The van der Waals surface area contributed by atoms with Gasteiger partial charge in [0.05, 0.1) is 18.4 Å². The molecule has 1 saturated heterocycles. The average Bonchev–Trinajstić information content (AvgIpc) is 2.86. The number of ether oxygens (including phenoxy) is 1. The normalized spacial score (nSPS) is 22.0. The molecule has 0 aromatic heterocycles. The lowest BCUT2D eigenvalue weighted by Gasteiger charge is -2.14. The predicted octanol–water partition coefficient (Wildman–Crippen LogP) is 1.79. The number of rotatable bonds is 6. The van der Waals surface area contributed by atoms with Gasteiger partial charge in [-0.1, -0.05) is 23.8 Å². The number of carbonyl (C=O) groups excluding carboxylic acids is 3. The molecule has 1 fully saturated rings. The molecule has 1 N–H and O–H groups in total. The Hall–Kier alpha value is -2.34. The second kappa shape index (κ2) is 7.70. The van der Waals surface area contributed by atoms with E-state index in [1.54, 1.807) is 24.3 Å². The number of amides is 3. The Labute approximate surface area is 150 Å². The zero-order valence-electron chi connectivity index (χ0n) is 13.6. The average molecular weight is 363 g/mol. The van der Waals surface area contributed by atoms with Crippen LogP contribution in [0.5, 0.6) is 5.75 Å². The molecule has 0 bridgehead atoms. The highest BCUT2D eigenvalue weighted by Crippen LogP contribution is 2.34. The van der Waals surface area contributed by atoms with E-state index in [1.807, 2.05) is 12.2 Å². The van der Waals surface area contributed by atoms with Gasteiger partial charge in [0.25, 0.3) is 0 Å². The Morgan fingerprint density at radius 3 is 2.32 bits per heavy atom. The maximum Gasteiger partial charge on any atom is 0.240 e. The lowest BCUT2D eigenvalue weighted by atomic mass is 9.85. The second-order valence-corrected chi connectivity index (χ2v) is 6.51. The fraction of sp³-hybridized carbons (Fsp3) is 0.389. The summed E-state index contributed by atoms with van der Waals surface area (Å²) in [6.45, 7) is 0.335. The molecular weight excluding hydrogens is 344 g/mol. The second-order valence-electron chi connectivity index (χ2n) is 6.07. The first-order valence-electron chi connectivity index (χ1n) is 8.21. The van der Waals surface area contributed by atoms with Gasteiger partial charge in [0, 0.05) is 5.02 Å². The lowest BCUT2D eigenvalue weighted by Crippen LogP contribution is -2.42. The van der Waals surface area contributed by atoms with Crippen molar-refractivity contribution in [2.24, 2.45) is 11.8 Å². The molecule has 1 aromatic rings. The summed E-state index contributed by atoms with van der Waals surface area (Å²) >= 11 is 5.79. The molecule has 2 atom stereocenters. The van der Waals surface area contributed by atoms with Crippen LogP contribution < -0.4 is 10.1 Å². The highest BCUT2D eigenvalue weighted by Gasteiger charge is 2.47. The SMILES string of the molecule is O=C(CN1C(=O)[C@H]2CC=CC[C@@H]2C1=O)NCCOc1ccc(Cl)cc1. The first kappa shape index (κ1) is 17.5. The molecule has 1 aliphatic heterocycles. The van der Waals surface area contributed by atoms with E-state index < -0.39 is 0 Å². The van der Waals surface area contributed by atoms with Crippen LogP contribution in [-0.4, -0.2) is 42.3 Å². The van der Waals surface area contributed by atoms with Crippen LogP contribution in [0, 0.1) is 11.8 Å². The van der Waals surface area contributed by atoms with Crippen LogP contribution >= 0.6 is 11.6 Å². The molecule has 0 radical (unpaired) electrons. The van der Waals surface area contributed by atoms with Gasteiger partial charge in [-0.05, 0) is 37.1 Å². The summed E-state index contributed by atoms with van der Waals surface area (Å²) in [5, 5.41) is 3.28. The van der Waals surface area contributed by atoms with Gasteiger partial charge in [-0.15, -0.1) is 0 Å². The predicted molar refractivity (Wildman–Crippen MR) is 92.0 cm³/mol. The molecule has 0 unspecified atom stereocenters. The Balaban J connectivity index is 1.42. The Morgan fingerprint density at radius 2 is 1.72 bits per heavy atom. The number of allylic oxidation sites excluding steroid dienone is 2. The van der Waals surface area contributed by atoms with Crippen molar-refractivity contribution in [1.29, 1.82) is 0 Å². The van der Waals surface area contributed by atoms with Crippen LogP contribution in [-0.2, 0) is 14.4 Å². The van der Waals surface area contributed by atoms with E-state index in [0.29, 0.717) is 23.6 Å². The van der Waals surface area contributed by atoms with Crippen molar-refractivity contribution in [2.75, 3.05) is 19.7 Å². The van der Waals surface area contributed by atoms with Gasteiger partial charge in [-0.3, -0.25) is 19.3 Å². The molecule has 1 heterocycles. The third kappa shape index (κ3) is 4.02. The molecular formula is C18H19ClN2O4. The summed E-state index contributed by atoms with van der Waals surface area (Å²) in [4.78, 5) is 37.7. The van der Waals surface area contributed by atoms with Gasteiger partial charge in [0.1, 0.15) is 18.9 Å². The standard InChI is InChI=1S/C18H19ClN2O4/c19-12-5-7-13(8-6-12)25-10-9-20-16(22)11-21-17(23)14-3-1-2-4-15(14)18(21)24/h1-2,5-8,14-15H,3-4,9-11H2,(H,20,22)/t14-,15-/m0/s1. The molecule has 0 saturated carbocycles. The molecule has 25 heavy (non-hydrogen) atoms. The molecule has 0 spiro atoms. The number of likely N-dealkylation sites (tertiary alicyclic amines) is 1. The fourth-order valence-electron chi connectivity index (χ4n) is 3.11. The number of hydrogen-bond donors (Lipinski definition) is 1. The van der Waals surface area contributed by atoms with Gasteiger partial charge < -0.3 is 10.1 Å². The molecule has 132 valence electrons. The molecule has 7 heteroatoms. The molecule has 3 rings (SSSR count). The van der Waals surface area contributed by atoms with E-state index in [0.717, 1.165) is 4.90 Å². The zero-order chi connectivity index (χ0) is 17.8. The van der Waals surface area contributed by atoms with Gasteiger partial charge in [-0.25, -0.2) is 0 Å². The largest absolute Gasteiger partial charge is 0.492 e. The van der Waals surface area contributed by atoms with Crippen LogP contribution in [0.2, 0.25) is 5.02 Å². The summed E-state index contributed by atoms with van der Waals surface area (Å²) in [6, 6.07) is 6.91. The summed E-state index contributed by atoms with van der Waals surface area (Å²) in [7, 11) is 0. The number of nitrogens with zero attached hydrogens (tertiary/aromatic N) is 1. The van der Waals surface area contributed by atoms with E-state index in [9.17, 15) is 14.4 Å². The van der Waals surface area contributed by atoms with Crippen molar-refractivity contribution in [1.82, 2.24) is 10.2 Å². The van der Waals surface area contributed by atoms with E-state index in [4.69, 9.17) is 16.3 Å². The third-order valence-corrected chi connectivity index (χ3v) is 4.66. The lowest BCUT2D eigenvalue weighted by molar-refractivity contribution is -0.143. The zero-order valence-corrected chi connectivity index (χ0v) is 14.4. The van der Waals surface area contributed by atoms with Crippen molar-refractivity contribution in [3.8, 4) is 5.75 Å². The number of nitrogens with one attached hydrogen (secondary N) is 1.